The summed E-state index contributed by atoms with van der Waals surface area (Å²) < 4.78 is 32.7. The summed E-state index contributed by atoms with van der Waals surface area (Å²) in [4.78, 5) is 29.6. The summed E-state index contributed by atoms with van der Waals surface area (Å²) in [5, 5.41) is 0.730. The van der Waals surface area contributed by atoms with Crippen LogP contribution in [0.4, 0.5) is 4.79 Å². The molecule has 3 aliphatic heterocycles. The number of rotatable bonds is 6. The first kappa shape index (κ1) is 28.7. The van der Waals surface area contributed by atoms with Gasteiger partial charge < -0.3 is 14.4 Å². The summed E-state index contributed by atoms with van der Waals surface area (Å²) in [6.45, 7) is 5.33. The second-order valence-electron chi connectivity index (χ2n) is 13.0. The van der Waals surface area contributed by atoms with Crippen molar-refractivity contribution in [1.82, 2.24) is 9.80 Å². The molecule has 2 bridgehead atoms. The fourth-order valence-electron chi connectivity index (χ4n) is 8.37. The third-order valence-electron chi connectivity index (χ3n) is 10.7. The topological polar surface area (TPSA) is 97.8 Å². The van der Waals surface area contributed by atoms with Crippen LogP contribution in [0.2, 0.25) is 0 Å². The Kier molecular flexibility index (Phi) is 7.52. The molecule has 41 heavy (non-hydrogen) atoms. The van der Waals surface area contributed by atoms with Crippen LogP contribution < -0.4 is 0 Å². The molecule has 9 heteroatoms. The van der Waals surface area contributed by atoms with Crippen LogP contribution in [-0.4, -0.2) is 69.2 Å². The molecule has 2 aromatic carbocycles. The zero-order valence-electron chi connectivity index (χ0n) is 23.9. The molecule has 7 rings (SSSR count). The Morgan fingerprint density at radius 1 is 0.927 bits per heavy atom. The van der Waals surface area contributed by atoms with Crippen LogP contribution in [0, 0.1) is 16.7 Å². The number of benzene rings is 2. The number of nitrogens with zero attached hydrogens (tertiary/aromatic N) is 2. The van der Waals surface area contributed by atoms with E-state index >= 15 is 0 Å². The lowest BCUT2D eigenvalue weighted by atomic mass is 9.70. The number of fused-ring (bicyclic) bond motifs is 5. The van der Waals surface area contributed by atoms with Crippen molar-refractivity contribution in [2.45, 2.75) is 76.4 Å². The molecule has 3 saturated heterocycles. The zero-order valence-corrected chi connectivity index (χ0v) is 25.5. The molecule has 6 unspecified atom stereocenters. The molecule has 5 fully saturated rings. The van der Waals surface area contributed by atoms with Crippen LogP contribution in [0.25, 0.3) is 0 Å². The van der Waals surface area contributed by atoms with Crippen molar-refractivity contribution >= 4 is 32.8 Å². The van der Waals surface area contributed by atoms with Gasteiger partial charge in [-0.25, -0.2) is 13.2 Å². The van der Waals surface area contributed by atoms with E-state index in [0.717, 1.165) is 24.8 Å². The summed E-state index contributed by atoms with van der Waals surface area (Å²) in [6.07, 6.45) is 4.53. The molecule has 2 aromatic rings. The maximum absolute atomic E-state index is 13.4. The van der Waals surface area contributed by atoms with E-state index in [2.05, 4.69) is 58.3 Å². The summed E-state index contributed by atoms with van der Waals surface area (Å²) in [5.74, 6) is 2.32. The third kappa shape index (κ3) is 5.12. The predicted molar refractivity (Wildman–Crippen MR) is 160 cm³/mol. The van der Waals surface area contributed by atoms with Crippen molar-refractivity contribution in [2.75, 3.05) is 17.3 Å². The normalized spacial score (nSPS) is 33.1. The van der Waals surface area contributed by atoms with Crippen molar-refractivity contribution in [1.29, 1.82) is 0 Å². The monoisotopic (exact) mass is 596 g/mol. The number of carbonyl (C=O) groups is 2. The van der Waals surface area contributed by atoms with Gasteiger partial charge in [-0.05, 0) is 52.6 Å². The van der Waals surface area contributed by atoms with E-state index in [1.54, 1.807) is 0 Å². The van der Waals surface area contributed by atoms with E-state index in [9.17, 15) is 22.6 Å². The lowest BCUT2D eigenvalue weighted by molar-refractivity contribution is -0.128. The molecule has 2 aliphatic carbocycles. The highest BCUT2D eigenvalue weighted by atomic mass is 32.2. The summed E-state index contributed by atoms with van der Waals surface area (Å²) >= 11 is 0. The number of carbonyl (C=O) groups excluding carboxylic acids is 2. The average molecular weight is 597 g/mol. The predicted octanol–water partition coefficient (Wildman–Crippen LogP) is 4.58. The number of hydrogen-bond acceptors (Lipinski definition) is 5. The first-order chi connectivity index (χ1) is 19.5. The Bertz CT molecular complexity index is 1400. The molecule has 220 valence electrons. The van der Waals surface area contributed by atoms with E-state index in [4.69, 9.17) is 0 Å². The molecule has 7 nitrogen and oxygen atoms in total. The Morgan fingerprint density at radius 3 is 2.07 bits per heavy atom. The quantitative estimate of drug-likeness (QED) is 0.276. The fourth-order valence-corrected chi connectivity index (χ4v) is 12.9. The molecule has 0 radical (unpaired) electrons. The Hall–Kier alpha value is -2.36. The molecular weight excluding hydrogens is 556 g/mol. The van der Waals surface area contributed by atoms with E-state index in [-0.39, 0.29) is 23.1 Å². The maximum atomic E-state index is 13.4. The zero-order chi connectivity index (χ0) is 29.0. The number of hydrogen-bond donors (Lipinski definition) is 0. The molecule has 0 aromatic heterocycles. The van der Waals surface area contributed by atoms with Gasteiger partial charge in [0.05, 0.1) is 15.9 Å². The van der Waals surface area contributed by atoms with E-state index in [0.29, 0.717) is 35.8 Å². The largest absolute Gasteiger partial charge is 0.748 e. The Labute approximate surface area is 246 Å². The van der Waals surface area contributed by atoms with Crippen molar-refractivity contribution in [2.24, 2.45) is 16.7 Å². The SMILES string of the molecule is CC1(C)C2CCC1(CS(=O)(=O)[O-])C(=O)C2.O=C1N(Cc2ccccc2)C2C[S+]3CCCC3C2N1Cc1ccccc1. The van der Waals surface area contributed by atoms with Crippen LogP contribution >= 0.6 is 0 Å². The number of ketones is 1. The molecule has 2 amide bonds. The highest BCUT2D eigenvalue weighted by Gasteiger charge is 2.65. The molecule has 6 atom stereocenters. The van der Waals surface area contributed by atoms with Gasteiger partial charge in [-0.1, -0.05) is 74.5 Å². The molecule has 2 saturated carbocycles. The van der Waals surface area contributed by atoms with Gasteiger partial charge in [0.1, 0.15) is 34.6 Å². The number of urea groups is 1. The smallest absolute Gasteiger partial charge is 0.321 e. The van der Waals surface area contributed by atoms with Gasteiger partial charge in [0, 0.05) is 31.3 Å². The summed E-state index contributed by atoms with van der Waals surface area (Å²) in [7, 11) is -3.81. The standard InChI is InChI=1S/C22H25N2OS.C10H16O4S/c25-22-23(14-17-8-3-1-4-9-17)19-16-26-13-7-12-20(26)21(19)24(22)15-18-10-5-2-6-11-18;1-9(2)7-3-4-10(9,8(11)5-7)6-15(12,13)14/h1-6,8-11,19-21H,7,12-16H2;7H,3-6H2,1-2H3,(H,12,13,14)/q+1;/p-1. The minimum absolute atomic E-state index is 0.0248. The summed E-state index contributed by atoms with van der Waals surface area (Å²) in [5.41, 5.74) is 1.26. The van der Waals surface area contributed by atoms with Gasteiger partial charge in [0.2, 0.25) is 0 Å². The molecular formula is C32H40N2O5S2. The average Bonchev–Trinajstić information content (AvgIpc) is 3.67. The minimum atomic E-state index is -4.33. The Morgan fingerprint density at radius 2 is 1.54 bits per heavy atom. The van der Waals surface area contributed by atoms with Gasteiger partial charge in [-0.3, -0.25) is 4.79 Å². The number of Topliss-reactive ketones (excluding diaryl/α,β-unsaturated/α-hetero) is 1. The second-order valence-corrected chi connectivity index (χ2v) is 16.9. The van der Waals surface area contributed by atoms with Gasteiger partial charge in [0.25, 0.3) is 0 Å². The molecule has 3 heterocycles. The van der Waals surface area contributed by atoms with Crippen LogP contribution in [-0.2, 0) is 38.9 Å². The highest BCUT2D eigenvalue weighted by molar-refractivity contribution is 7.98. The minimum Gasteiger partial charge on any atom is -0.748 e. The van der Waals surface area contributed by atoms with E-state index in [1.807, 2.05) is 26.0 Å². The third-order valence-corrected chi connectivity index (χ3v) is 14.5. The van der Waals surface area contributed by atoms with Crippen LogP contribution in [0.3, 0.4) is 0 Å². The molecule has 0 N–H and O–H groups in total. The first-order valence-corrected chi connectivity index (χ1v) is 18.0. The van der Waals surface area contributed by atoms with E-state index < -0.39 is 21.3 Å². The number of amides is 2. The molecule has 5 aliphatic rings. The van der Waals surface area contributed by atoms with Gasteiger partial charge >= 0.3 is 6.03 Å². The lowest BCUT2D eigenvalue weighted by Crippen LogP contribution is -2.42. The molecule has 0 spiro atoms. The highest BCUT2D eigenvalue weighted by Crippen LogP contribution is 2.64. The van der Waals surface area contributed by atoms with Crippen molar-refractivity contribution in [3.63, 3.8) is 0 Å². The van der Waals surface area contributed by atoms with Crippen LogP contribution in [0.5, 0.6) is 0 Å². The van der Waals surface area contributed by atoms with Crippen LogP contribution in [0.15, 0.2) is 60.7 Å². The summed E-state index contributed by atoms with van der Waals surface area (Å²) in [6, 6.07) is 22.0. The van der Waals surface area contributed by atoms with Gasteiger partial charge in [-0.15, -0.1) is 0 Å². The Balaban J connectivity index is 0.000000172. The fraction of sp³-hybridized carbons (Fsp3) is 0.562. The van der Waals surface area contributed by atoms with E-state index in [1.165, 1.54) is 35.5 Å². The van der Waals surface area contributed by atoms with Crippen molar-refractivity contribution in [3.05, 3.63) is 71.8 Å². The first-order valence-electron chi connectivity index (χ1n) is 14.8. The lowest BCUT2D eigenvalue weighted by Gasteiger charge is -2.37. The van der Waals surface area contributed by atoms with Gasteiger partial charge in [-0.2, -0.15) is 0 Å². The van der Waals surface area contributed by atoms with Gasteiger partial charge in [0.15, 0.2) is 0 Å². The van der Waals surface area contributed by atoms with Crippen molar-refractivity contribution in [3.8, 4) is 0 Å². The maximum Gasteiger partial charge on any atom is 0.321 e. The second kappa shape index (κ2) is 10.7. The van der Waals surface area contributed by atoms with Crippen LogP contribution in [0.1, 0.15) is 57.1 Å². The van der Waals surface area contributed by atoms with Crippen molar-refractivity contribution < 1.29 is 22.6 Å².